The van der Waals surface area contributed by atoms with Crippen LogP contribution in [0, 0.1) is 6.92 Å². The number of aryl methyl sites for hydroxylation is 2. The Kier molecular flexibility index (Phi) is 8.36. The number of nitrogens with one attached hydrogen (secondary N) is 1. The molecule has 1 aromatic heterocycles. The third-order valence-corrected chi connectivity index (χ3v) is 10.2. The van der Waals surface area contributed by atoms with Gasteiger partial charge >= 0.3 is 12.4 Å². The van der Waals surface area contributed by atoms with Crippen LogP contribution in [0.25, 0.3) is 0 Å². The minimum atomic E-state index is -6.14. The highest BCUT2D eigenvalue weighted by molar-refractivity contribution is 7.93. The quantitative estimate of drug-likeness (QED) is 0.278. The summed E-state index contributed by atoms with van der Waals surface area (Å²) in [4.78, 5) is 3.17. The number of fused-ring (bicyclic) bond motifs is 1. The Balaban J connectivity index is 1.80. The predicted octanol–water partition coefficient (Wildman–Crippen LogP) is 4.84. The summed E-state index contributed by atoms with van der Waals surface area (Å²) in [6.07, 6.45) is -11.7. The van der Waals surface area contributed by atoms with Crippen molar-refractivity contribution in [1.29, 1.82) is 0 Å². The van der Waals surface area contributed by atoms with Gasteiger partial charge in [0.15, 0.2) is 0 Å². The zero-order chi connectivity index (χ0) is 31.3. The molecule has 0 aliphatic carbocycles. The number of aromatic nitrogens is 1. The van der Waals surface area contributed by atoms with Crippen LogP contribution in [0.3, 0.4) is 0 Å². The lowest BCUT2D eigenvalue weighted by Gasteiger charge is -2.39. The van der Waals surface area contributed by atoms with Crippen LogP contribution in [0.15, 0.2) is 70.6 Å². The highest BCUT2D eigenvalue weighted by Crippen LogP contribution is 2.51. The van der Waals surface area contributed by atoms with E-state index in [9.17, 15) is 48.3 Å². The van der Waals surface area contributed by atoms with Crippen molar-refractivity contribution in [3.63, 3.8) is 0 Å². The van der Waals surface area contributed by atoms with Crippen molar-refractivity contribution in [2.24, 2.45) is 0 Å². The number of hydrogen-bond donors (Lipinski definition) is 2. The molecular weight excluding hydrogens is 636 g/mol. The third kappa shape index (κ3) is 5.82. The summed E-state index contributed by atoms with van der Waals surface area (Å²) < 4.78 is 137. The van der Waals surface area contributed by atoms with Crippen molar-refractivity contribution in [3.05, 3.63) is 82.6 Å². The highest BCUT2D eigenvalue weighted by atomic mass is 35.5. The Bertz CT molecular complexity index is 1670. The minimum Gasteiger partial charge on any atom is -0.369 e. The second-order valence-electron chi connectivity index (χ2n) is 9.52. The zero-order valence-electron chi connectivity index (χ0n) is 21.4. The fourth-order valence-corrected chi connectivity index (χ4v) is 7.34. The molecule has 1 aliphatic rings. The number of halogens is 7. The monoisotopic (exact) mass is 657 g/mol. The first-order valence-electron chi connectivity index (χ1n) is 12.0. The van der Waals surface area contributed by atoms with E-state index in [0.717, 1.165) is 16.6 Å². The van der Waals surface area contributed by atoms with Gasteiger partial charge in [0, 0.05) is 18.3 Å². The molecule has 0 amide bonds. The molecule has 0 unspecified atom stereocenters. The van der Waals surface area contributed by atoms with Crippen LogP contribution in [-0.4, -0.2) is 51.9 Å². The van der Waals surface area contributed by atoms with Crippen LogP contribution in [0.5, 0.6) is 0 Å². The van der Waals surface area contributed by atoms with Gasteiger partial charge in [0.2, 0.25) is 10.0 Å². The number of anilines is 1. The van der Waals surface area contributed by atoms with Gasteiger partial charge in [-0.3, -0.25) is 4.31 Å². The van der Waals surface area contributed by atoms with E-state index in [0.29, 0.717) is 17.7 Å². The Hall–Kier alpha value is -2.92. The first-order chi connectivity index (χ1) is 19.3. The van der Waals surface area contributed by atoms with E-state index in [-0.39, 0.29) is 39.0 Å². The summed E-state index contributed by atoms with van der Waals surface area (Å²) >= 11 is 5.69. The van der Waals surface area contributed by atoms with Crippen molar-refractivity contribution in [3.8, 4) is 0 Å². The molecule has 1 atom stereocenters. The molecule has 0 saturated heterocycles. The van der Waals surface area contributed by atoms with Crippen LogP contribution >= 0.6 is 11.6 Å². The molecule has 3 aromatic rings. The Morgan fingerprint density at radius 2 is 1.55 bits per heavy atom. The van der Waals surface area contributed by atoms with E-state index < -0.39 is 56.2 Å². The molecule has 2 aromatic carbocycles. The molecule has 42 heavy (non-hydrogen) atoms. The summed E-state index contributed by atoms with van der Waals surface area (Å²) in [5, 5.41) is 9.89. The number of rotatable bonds is 7. The first-order valence-corrected chi connectivity index (χ1v) is 15.3. The van der Waals surface area contributed by atoms with E-state index in [1.807, 2.05) is 0 Å². The predicted molar refractivity (Wildman–Crippen MR) is 140 cm³/mol. The summed E-state index contributed by atoms with van der Waals surface area (Å²) in [5.41, 5.74) is -6.54. The fraction of sp³-hybridized carbons (Fsp3) is 0.320. The van der Waals surface area contributed by atoms with Gasteiger partial charge in [0.05, 0.1) is 16.6 Å². The van der Waals surface area contributed by atoms with Crippen molar-refractivity contribution in [2.75, 3.05) is 10.8 Å². The molecule has 0 radical (unpaired) electrons. The lowest BCUT2D eigenvalue weighted by molar-refractivity contribution is -0.376. The van der Waals surface area contributed by atoms with Crippen LogP contribution < -0.4 is 9.03 Å². The average Bonchev–Trinajstić information content (AvgIpc) is 2.90. The van der Waals surface area contributed by atoms with Crippen LogP contribution in [-0.2, 0) is 32.1 Å². The van der Waals surface area contributed by atoms with E-state index in [1.54, 1.807) is 6.92 Å². The number of pyridine rings is 1. The number of hydrogen-bond acceptors (Lipinski definition) is 6. The van der Waals surface area contributed by atoms with Crippen LogP contribution in [0.4, 0.5) is 32.0 Å². The Labute approximate surface area is 242 Å². The van der Waals surface area contributed by atoms with Gasteiger partial charge in [0.25, 0.3) is 15.6 Å². The van der Waals surface area contributed by atoms with Gasteiger partial charge < -0.3 is 5.11 Å². The van der Waals surface area contributed by atoms with Crippen molar-refractivity contribution >= 4 is 37.3 Å². The molecule has 17 heteroatoms. The maximum Gasteiger partial charge on any atom is 0.430 e. The molecule has 0 saturated carbocycles. The molecule has 1 aliphatic heterocycles. The van der Waals surface area contributed by atoms with E-state index >= 15 is 0 Å². The zero-order valence-corrected chi connectivity index (χ0v) is 23.8. The molecular formula is C25H22ClF6N3O5S2. The topological polar surface area (TPSA) is 117 Å². The second-order valence-corrected chi connectivity index (χ2v) is 13.5. The van der Waals surface area contributed by atoms with Gasteiger partial charge in [0.1, 0.15) is 10.0 Å². The summed E-state index contributed by atoms with van der Waals surface area (Å²) in [6, 6.07) is 8.30. The summed E-state index contributed by atoms with van der Waals surface area (Å²) in [6.45, 7) is 1.19. The van der Waals surface area contributed by atoms with Gasteiger partial charge in [-0.05, 0) is 55.7 Å². The largest absolute Gasteiger partial charge is 0.430 e. The maximum absolute atomic E-state index is 13.8. The van der Waals surface area contributed by atoms with Crippen molar-refractivity contribution in [2.45, 2.75) is 53.6 Å². The Morgan fingerprint density at radius 1 is 0.952 bits per heavy atom. The molecule has 2 heterocycles. The van der Waals surface area contributed by atoms with Crippen molar-refractivity contribution in [1.82, 2.24) is 9.71 Å². The molecule has 228 valence electrons. The number of sulfonamides is 2. The van der Waals surface area contributed by atoms with E-state index in [4.69, 9.17) is 11.6 Å². The molecule has 2 N–H and O–H groups in total. The van der Waals surface area contributed by atoms with Crippen molar-refractivity contribution < 1.29 is 48.3 Å². The lowest BCUT2D eigenvalue weighted by Crippen LogP contribution is -2.54. The summed E-state index contributed by atoms with van der Waals surface area (Å²) in [5.74, 6) is 0. The molecule has 8 nitrogen and oxygen atoms in total. The average molecular weight is 658 g/mol. The molecule has 4 rings (SSSR count). The fourth-order valence-electron chi connectivity index (χ4n) is 4.49. The second kappa shape index (κ2) is 11.0. The number of nitrogens with zero attached hydrogens (tertiary/aromatic N) is 2. The number of alkyl halides is 6. The standard InChI is InChI=1S/C25H22ClF6N3O5S2/c1-15-2-7-19(8-3-15)42(39,40)35-18(13-34-41(37,38)20-9-11-22(26)33-14-20)6-4-16-12-17(5-10-21(16)35)23(36,24(27,28)29)25(30,31)32/h2-3,5,7-12,14,18,34,36H,4,6,13H2,1H3/t18-/m0/s1. The lowest BCUT2D eigenvalue weighted by atomic mass is 9.88. The van der Waals surface area contributed by atoms with E-state index in [1.165, 1.54) is 36.4 Å². The van der Waals surface area contributed by atoms with Crippen LogP contribution in [0.2, 0.25) is 5.15 Å². The highest BCUT2D eigenvalue weighted by Gasteiger charge is 2.71. The summed E-state index contributed by atoms with van der Waals surface area (Å²) in [7, 11) is -8.75. The Morgan fingerprint density at radius 3 is 2.10 bits per heavy atom. The molecule has 0 spiro atoms. The SMILES string of the molecule is Cc1ccc(S(=O)(=O)N2c3ccc(C(O)(C(F)(F)F)C(F)(F)F)cc3CC[C@H]2CNS(=O)(=O)c2ccc(Cl)nc2)cc1. The van der Waals surface area contributed by atoms with E-state index in [2.05, 4.69) is 9.71 Å². The van der Waals surface area contributed by atoms with Gasteiger partial charge in [-0.1, -0.05) is 41.4 Å². The first kappa shape index (κ1) is 32.0. The number of benzene rings is 2. The number of aliphatic hydroxyl groups is 1. The minimum absolute atomic E-state index is 0.0236. The van der Waals surface area contributed by atoms with Gasteiger partial charge in [-0.25, -0.2) is 26.5 Å². The van der Waals surface area contributed by atoms with Crippen LogP contribution in [0.1, 0.15) is 23.1 Å². The smallest absolute Gasteiger partial charge is 0.369 e. The molecule has 0 bridgehead atoms. The van der Waals surface area contributed by atoms with Gasteiger partial charge in [-0.2, -0.15) is 26.3 Å². The normalized spacial score (nSPS) is 16.8. The van der Waals surface area contributed by atoms with Gasteiger partial charge in [-0.15, -0.1) is 0 Å². The third-order valence-electron chi connectivity index (χ3n) is 6.73. The maximum atomic E-state index is 13.8. The molecule has 0 fully saturated rings.